The quantitative estimate of drug-likeness (QED) is 0.0255. The molecule has 7 unspecified atom stereocenters. The van der Waals surface area contributed by atoms with Crippen LogP contribution in [0.25, 0.3) is 0 Å². The number of rotatable bonds is 40. The number of nitrogens with one attached hydrogen (secondary N) is 4. The Hall–Kier alpha value is -2.74. The lowest BCUT2D eigenvalue weighted by atomic mass is 10.1. The van der Waals surface area contributed by atoms with E-state index < -0.39 is 38.3 Å². The second-order valence-corrected chi connectivity index (χ2v) is 35.3. The molecule has 0 aliphatic carbocycles. The molecule has 3 aliphatic heterocycles. The molecule has 7 amide bonds. The van der Waals surface area contributed by atoms with Gasteiger partial charge in [0.15, 0.2) is 0 Å². The number of hydrogen-bond donors (Lipinski definition) is 6. The van der Waals surface area contributed by atoms with E-state index in [0.29, 0.717) is 47.4 Å². The molecule has 0 spiro atoms. The van der Waals surface area contributed by atoms with Gasteiger partial charge in [0, 0.05) is 176 Å². The van der Waals surface area contributed by atoms with Crippen LogP contribution in [0, 0.1) is 11.8 Å². The topological polar surface area (TPSA) is 313 Å². The first-order chi connectivity index (χ1) is 42.3. The summed E-state index contributed by atoms with van der Waals surface area (Å²) in [5.41, 5.74) is 4.94. The number of carbonyl (C=O) groups is 8. The number of quaternary nitrogens is 1. The van der Waals surface area contributed by atoms with E-state index in [1.807, 2.05) is 42.3 Å². The fraction of sp³-hybridized carbons (Fsp3) is 0.864. The van der Waals surface area contributed by atoms with Crippen LogP contribution in [0.4, 0.5) is 0 Å². The second kappa shape index (κ2) is 51.6. The molecule has 31 heteroatoms. The van der Waals surface area contributed by atoms with Crippen molar-refractivity contribution < 1.29 is 88.2 Å². The standard InChI is InChI=1S/C12H26N2O5SSi.C12H25NO6SSi.C11H25NO4SSi.3C8H15NO/c1-10(12(16)14-8-11(13)15)9-20-6-5-7-21(17-2,18-3)19-4;1-10(12(16)13-8-11(14)15)9-20-6-5-7-21(17-2,18-3)19-4;1-10(12-11(2)13)9-17-7-6-8-18(14-3,15-4)16-5;1-5-8(4)7(10)9(8)6(2)3;2*1-3-7(2)9-6-4-5-8(9)10/h10H,5-9H2,1-4H3,(H2,13,15)(H,14,16);10H,5-9H2,1-4H3,(H,13,16)(H,14,15);10H,6-9H2,1-5H3,(H,12,13);6H,5H2,1-4H3;2*7H,3-6H2,1-2H3/p+1. The molecule has 0 saturated carbocycles. The lowest BCUT2D eigenvalue weighted by Gasteiger charge is -2.24. The molecule has 530 valence electrons. The van der Waals surface area contributed by atoms with Gasteiger partial charge in [0.1, 0.15) is 6.54 Å². The summed E-state index contributed by atoms with van der Waals surface area (Å²) in [4.78, 5) is 93.4. The van der Waals surface area contributed by atoms with E-state index in [0.717, 1.165) is 123 Å². The van der Waals surface area contributed by atoms with Crippen molar-refractivity contribution in [3.63, 3.8) is 0 Å². The van der Waals surface area contributed by atoms with E-state index in [1.54, 1.807) is 94.4 Å². The van der Waals surface area contributed by atoms with Crippen LogP contribution < -0.4 is 26.6 Å². The summed E-state index contributed by atoms with van der Waals surface area (Å²) in [6.07, 6.45) is 9.52. The third-order valence-electron chi connectivity index (χ3n) is 15.4. The van der Waals surface area contributed by atoms with Gasteiger partial charge in [-0.25, -0.2) is 9.69 Å². The van der Waals surface area contributed by atoms with Gasteiger partial charge in [0.05, 0.1) is 12.6 Å². The Kier molecular flexibility index (Phi) is 52.4. The summed E-state index contributed by atoms with van der Waals surface area (Å²) in [6.45, 7) is 25.4. The Balaban J connectivity index is -0.00000104. The molecule has 3 saturated heterocycles. The zero-order chi connectivity index (χ0) is 69.7. The predicted molar refractivity (Wildman–Crippen MR) is 366 cm³/mol. The molecule has 0 radical (unpaired) electrons. The minimum atomic E-state index is -2.50. The third kappa shape index (κ3) is 38.0. The van der Waals surface area contributed by atoms with Gasteiger partial charge in [-0.3, -0.25) is 33.6 Å². The molecule has 25 nitrogen and oxygen atoms in total. The maximum absolute atomic E-state index is 11.6. The Morgan fingerprint density at radius 2 is 0.922 bits per heavy atom. The minimum absolute atomic E-state index is 0.0210. The highest BCUT2D eigenvalue weighted by atomic mass is 32.2. The van der Waals surface area contributed by atoms with Crippen molar-refractivity contribution in [1.82, 2.24) is 25.8 Å². The van der Waals surface area contributed by atoms with Crippen LogP contribution in [-0.2, 0) is 78.2 Å². The highest BCUT2D eigenvalue weighted by Crippen LogP contribution is 2.22. The highest BCUT2D eigenvalue weighted by molar-refractivity contribution is 7.99. The first-order valence-corrected chi connectivity index (χ1v) is 40.6. The first kappa shape index (κ1) is 91.5. The van der Waals surface area contributed by atoms with Crippen molar-refractivity contribution in [1.29, 1.82) is 0 Å². The molecular formula is C59H122N7O18S3Si3+. The number of carboxylic acid groups (broad SMARTS) is 1. The van der Waals surface area contributed by atoms with Crippen molar-refractivity contribution in [2.24, 2.45) is 17.6 Å². The molecule has 3 heterocycles. The maximum atomic E-state index is 11.6. The van der Waals surface area contributed by atoms with Gasteiger partial charge in [-0.05, 0) is 96.8 Å². The van der Waals surface area contributed by atoms with Crippen LogP contribution >= 0.6 is 35.3 Å². The number of carboxylic acids is 1. The van der Waals surface area contributed by atoms with Crippen LogP contribution in [-0.4, -0.2) is 243 Å². The van der Waals surface area contributed by atoms with Gasteiger partial charge in [-0.1, -0.05) is 34.6 Å². The number of nitrogens with zero attached hydrogens (tertiary/aromatic N) is 2. The van der Waals surface area contributed by atoms with Gasteiger partial charge >= 0.3 is 38.3 Å². The molecular weight excluding hydrogens is 1280 g/mol. The fourth-order valence-electron chi connectivity index (χ4n) is 9.22. The van der Waals surface area contributed by atoms with Gasteiger partial charge in [0.2, 0.25) is 41.0 Å². The molecule has 90 heavy (non-hydrogen) atoms. The highest BCUT2D eigenvalue weighted by Gasteiger charge is 2.66. The van der Waals surface area contributed by atoms with E-state index >= 15 is 0 Å². The van der Waals surface area contributed by atoms with E-state index in [4.69, 9.17) is 50.7 Å². The average Bonchev–Trinajstić information content (AvgIpc) is 1.59. The Labute approximate surface area is 557 Å². The zero-order valence-electron chi connectivity index (χ0n) is 58.8. The predicted octanol–water partition coefficient (Wildman–Crippen LogP) is 5.37. The molecule has 3 rings (SSSR count). The van der Waals surface area contributed by atoms with Gasteiger partial charge in [-0.15, -0.1) is 0 Å². The normalized spacial score (nSPS) is 17.9. The zero-order valence-corrected chi connectivity index (χ0v) is 64.3. The summed E-state index contributed by atoms with van der Waals surface area (Å²) in [5, 5.41) is 16.2. The Morgan fingerprint density at radius 3 is 1.16 bits per heavy atom. The fourth-order valence-corrected chi connectivity index (χ4v) is 18.1. The van der Waals surface area contributed by atoms with Gasteiger partial charge in [0.25, 0.3) is 0 Å². The number of likely N-dealkylation sites (tertiary alicyclic amines) is 2. The van der Waals surface area contributed by atoms with Crippen molar-refractivity contribution in [2.45, 2.75) is 195 Å². The monoisotopic (exact) mass is 1400 g/mol. The summed E-state index contributed by atoms with van der Waals surface area (Å²) in [6, 6.07) is 3.86. The molecule has 0 bridgehead atoms. The molecule has 0 aromatic rings. The summed E-state index contributed by atoms with van der Waals surface area (Å²) >= 11 is 5.13. The van der Waals surface area contributed by atoms with Crippen LogP contribution in [0.2, 0.25) is 18.1 Å². The summed E-state index contributed by atoms with van der Waals surface area (Å²) < 4.78 is 48.0. The lowest BCUT2D eigenvalue weighted by molar-refractivity contribution is -0.780. The van der Waals surface area contributed by atoms with E-state index in [9.17, 15) is 38.4 Å². The van der Waals surface area contributed by atoms with Crippen molar-refractivity contribution in [3.8, 4) is 0 Å². The van der Waals surface area contributed by atoms with E-state index in [1.165, 1.54) is 6.92 Å². The SMILES string of the molecule is CCC(C)N1CCCC1=O.CCC(C)N1CCCC1=O.CCC1(C)C(=O)[NH+]1C(C)C.CO[Si](CCCSCC(C)C(=O)NCC(=O)O)(OC)OC.CO[Si](CCCSCC(C)C(=O)NCC(N)=O)(OC)OC.CO[Si](CCCSCC(C)NC(C)=O)(OC)OC. The van der Waals surface area contributed by atoms with E-state index in [-0.39, 0.29) is 54.2 Å². The van der Waals surface area contributed by atoms with Crippen molar-refractivity contribution in [3.05, 3.63) is 0 Å². The van der Waals surface area contributed by atoms with Gasteiger partial charge in [-0.2, -0.15) is 35.3 Å². The Bertz CT molecular complexity index is 1910. The Morgan fingerprint density at radius 1 is 0.589 bits per heavy atom. The number of carbonyl (C=O) groups excluding carboxylic acids is 7. The number of thioether (sulfide) groups is 3. The molecule has 7 atom stereocenters. The molecule has 3 fully saturated rings. The molecule has 0 aromatic carbocycles. The van der Waals surface area contributed by atoms with Crippen molar-refractivity contribution in [2.75, 3.05) is 125 Å². The second-order valence-electron chi connectivity index (χ2n) is 22.6. The number of hydrogen-bond acceptors (Lipinski definition) is 20. The number of nitrogens with two attached hydrogens (primary N) is 1. The van der Waals surface area contributed by atoms with Crippen LogP contribution in [0.15, 0.2) is 0 Å². The first-order valence-electron chi connectivity index (χ1n) is 31.4. The number of aliphatic carboxylic acids is 1. The molecule has 0 aromatic heterocycles. The largest absolute Gasteiger partial charge is 0.500 e. The van der Waals surface area contributed by atoms with Crippen LogP contribution in [0.3, 0.4) is 0 Å². The number of primary amides is 1. The van der Waals surface area contributed by atoms with Crippen molar-refractivity contribution >= 4 is 109 Å². The molecule has 7 N–H and O–H groups in total. The summed E-state index contributed by atoms with van der Waals surface area (Å²) in [5.74, 6) is 3.75. The maximum Gasteiger partial charge on any atom is 0.500 e. The third-order valence-corrected chi connectivity index (χ3v) is 27.9. The van der Waals surface area contributed by atoms with Crippen LogP contribution in [0.5, 0.6) is 0 Å². The van der Waals surface area contributed by atoms with Gasteiger partial charge < -0.3 is 76.4 Å². The van der Waals surface area contributed by atoms with Crippen LogP contribution in [0.1, 0.15) is 147 Å². The average molecular weight is 1400 g/mol. The summed E-state index contributed by atoms with van der Waals surface area (Å²) in [7, 11) is 7.04. The number of amides is 7. The smallest absolute Gasteiger partial charge is 0.480 e. The molecule has 3 aliphatic rings. The lowest BCUT2D eigenvalue weighted by Crippen LogP contribution is -3.01. The minimum Gasteiger partial charge on any atom is -0.480 e. The van der Waals surface area contributed by atoms with E-state index in [2.05, 4.69) is 64.4 Å².